The van der Waals surface area contributed by atoms with Gasteiger partial charge in [0.25, 0.3) is 5.91 Å². The number of benzene rings is 1. The van der Waals surface area contributed by atoms with Gasteiger partial charge in [-0.1, -0.05) is 13.8 Å². The Morgan fingerprint density at radius 1 is 1.27 bits per heavy atom. The number of nitrogens with zero attached hydrogens (tertiary/aromatic N) is 3. The van der Waals surface area contributed by atoms with E-state index in [0.717, 1.165) is 18.2 Å². The van der Waals surface area contributed by atoms with Crippen molar-refractivity contribution in [3.63, 3.8) is 0 Å². The summed E-state index contributed by atoms with van der Waals surface area (Å²) in [7, 11) is 0. The summed E-state index contributed by atoms with van der Waals surface area (Å²) in [5.41, 5.74) is -0.979. The lowest BCUT2D eigenvalue weighted by Crippen LogP contribution is -2.31. The summed E-state index contributed by atoms with van der Waals surface area (Å²) < 4.78 is 10.0. The first-order valence-corrected chi connectivity index (χ1v) is 9.53. The molecule has 0 radical (unpaired) electrons. The molecule has 0 saturated heterocycles. The molecule has 0 fully saturated rings. The maximum atomic E-state index is 12.4. The molecule has 1 aromatic rings. The van der Waals surface area contributed by atoms with E-state index in [1.807, 2.05) is 13.8 Å². The molecule has 10 nitrogen and oxygen atoms in total. The number of hydrogen-bond donors (Lipinski definition) is 1. The average Bonchev–Trinajstić information content (AvgIpc) is 2.72. The summed E-state index contributed by atoms with van der Waals surface area (Å²) in [5, 5.41) is 30.7. The Bertz CT molecular complexity index is 866. The Balaban J connectivity index is 3.37. The molecule has 0 unspecified atom stereocenters. The van der Waals surface area contributed by atoms with E-state index in [9.17, 15) is 30.1 Å². The van der Waals surface area contributed by atoms with Crippen LogP contribution in [0.3, 0.4) is 0 Å². The Morgan fingerprint density at radius 2 is 1.87 bits per heavy atom. The number of nitro benzene ring substituents is 1. The average molecular weight is 419 g/mol. The number of likely N-dealkylation sites (N-methyl/N-ethyl adjacent to an activating group) is 1. The molecule has 1 aromatic carbocycles. The van der Waals surface area contributed by atoms with Crippen molar-refractivity contribution in [1.82, 2.24) is 4.90 Å². The van der Waals surface area contributed by atoms with E-state index in [2.05, 4.69) is 0 Å². The van der Waals surface area contributed by atoms with Gasteiger partial charge in [-0.2, -0.15) is 5.26 Å². The third-order valence-electron chi connectivity index (χ3n) is 4.35. The molecular formula is C20H25N3O7. The van der Waals surface area contributed by atoms with Gasteiger partial charge in [-0.15, -0.1) is 0 Å². The highest BCUT2D eigenvalue weighted by atomic mass is 16.7. The molecule has 0 saturated carbocycles. The minimum atomic E-state index is -1.13. The minimum Gasteiger partial charge on any atom is -0.499 e. The van der Waals surface area contributed by atoms with Crippen molar-refractivity contribution >= 4 is 23.8 Å². The van der Waals surface area contributed by atoms with E-state index in [1.54, 1.807) is 19.9 Å². The molecule has 30 heavy (non-hydrogen) atoms. The van der Waals surface area contributed by atoms with Gasteiger partial charge in [-0.25, -0.2) is 4.79 Å². The van der Waals surface area contributed by atoms with Gasteiger partial charge in [0.2, 0.25) is 5.75 Å². The second-order valence-electron chi connectivity index (χ2n) is 6.20. The number of nitriles is 1. The number of aromatic hydroxyl groups is 1. The van der Waals surface area contributed by atoms with Gasteiger partial charge in [0, 0.05) is 19.2 Å². The number of rotatable bonds is 9. The van der Waals surface area contributed by atoms with Crippen LogP contribution >= 0.6 is 0 Å². The fourth-order valence-corrected chi connectivity index (χ4v) is 2.61. The summed E-state index contributed by atoms with van der Waals surface area (Å²) in [6.07, 6.45) is 0.675. The highest BCUT2D eigenvalue weighted by molar-refractivity contribution is 6.01. The molecule has 1 amide bonds. The third kappa shape index (κ3) is 6.20. The van der Waals surface area contributed by atoms with Crippen LogP contribution in [0.5, 0.6) is 11.5 Å². The van der Waals surface area contributed by atoms with Gasteiger partial charge >= 0.3 is 11.8 Å². The van der Waals surface area contributed by atoms with Crippen molar-refractivity contribution < 1.29 is 29.1 Å². The van der Waals surface area contributed by atoms with Crippen LogP contribution in [0, 0.1) is 21.4 Å². The number of ether oxygens (including phenoxy) is 2. The fraction of sp³-hybridized carbons (Fsp3) is 0.450. The number of carbonyl (C=O) groups is 2. The molecule has 0 spiro atoms. The quantitative estimate of drug-likeness (QED) is 0.159. The number of phenols is 1. The van der Waals surface area contributed by atoms with Crippen LogP contribution in [0.4, 0.5) is 10.5 Å². The summed E-state index contributed by atoms with van der Waals surface area (Å²) in [6, 6.07) is 3.86. The molecule has 0 bridgehead atoms. The van der Waals surface area contributed by atoms with E-state index in [-0.39, 0.29) is 11.1 Å². The molecule has 1 N–H and O–H groups in total. The van der Waals surface area contributed by atoms with E-state index in [0.29, 0.717) is 25.9 Å². The monoisotopic (exact) mass is 419 g/mol. The van der Waals surface area contributed by atoms with E-state index in [1.165, 1.54) is 4.90 Å². The first-order valence-electron chi connectivity index (χ1n) is 9.53. The van der Waals surface area contributed by atoms with Crippen LogP contribution in [0.15, 0.2) is 17.7 Å². The standard InChI is InChI=1S/C20H25N3O7/c1-5-15(6-2)29-20(26)30-17-11-13(10-16(18(17)24)23(27)28)9-14(12-21)19(25)22(7-3)8-4/h9-11,15,24H,5-8H2,1-4H3/b14-9+. The Morgan fingerprint density at radius 3 is 2.33 bits per heavy atom. The van der Waals surface area contributed by atoms with Crippen molar-refractivity contribution in [3.05, 3.63) is 33.4 Å². The SMILES string of the molecule is CCC(CC)OC(=O)Oc1cc(/C=C(\C#N)C(=O)N(CC)CC)cc([N+](=O)[O-])c1O. The molecule has 0 atom stereocenters. The van der Waals surface area contributed by atoms with E-state index in [4.69, 9.17) is 9.47 Å². The normalized spacial score (nSPS) is 11.0. The maximum Gasteiger partial charge on any atom is 0.514 e. The zero-order chi connectivity index (χ0) is 22.8. The van der Waals surface area contributed by atoms with Gasteiger partial charge in [0.05, 0.1) is 4.92 Å². The van der Waals surface area contributed by atoms with Crippen molar-refractivity contribution in [2.45, 2.75) is 46.6 Å². The molecular weight excluding hydrogens is 394 g/mol. The van der Waals surface area contributed by atoms with Gasteiger partial charge in [0.15, 0.2) is 5.75 Å². The molecule has 0 aliphatic carbocycles. The van der Waals surface area contributed by atoms with Crippen LogP contribution < -0.4 is 4.74 Å². The van der Waals surface area contributed by atoms with Crippen molar-refractivity contribution in [1.29, 1.82) is 5.26 Å². The summed E-state index contributed by atoms with van der Waals surface area (Å²) >= 11 is 0. The molecule has 0 heterocycles. The number of hydrogen-bond acceptors (Lipinski definition) is 8. The lowest BCUT2D eigenvalue weighted by Gasteiger charge is -2.17. The zero-order valence-corrected chi connectivity index (χ0v) is 17.4. The largest absolute Gasteiger partial charge is 0.514 e. The van der Waals surface area contributed by atoms with E-state index >= 15 is 0 Å². The van der Waals surface area contributed by atoms with Crippen LogP contribution in [-0.4, -0.2) is 46.2 Å². The van der Waals surface area contributed by atoms with Crippen LogP contribution in [0.1, 0.15) is 46.1 Å². The van der Waals surface area contributed by atoms with Crippen LogP contribution in [0.25, 0.3) is 6.08 Å². The first kappa shape index (κ1) is 24.4. The van der Waals surface area contributed by atoms with Gasteiger partial charge in [-0.05, 0) is 44.4 Å². The van der Waals surface area contributed by atoms with Gasteiger partial charge in [0.1, 0.15) is 17.7 Å². The van der Waals surface area contributed by atoms with Crippen molar-refractivity contribution in [2.75, 3.05) is 13.1 Å². The van der Waals surface area contributed by atoms with Gasteiger partial charge in [-0.3, -0.25) is 14.9 Å². The first-order chi connectivity index (χ1) is 14.2. The fourth-order valence-electron chi connectivity index (χ4n) is 2.61. The molecule has 0 aliphatic heterocycles. The van der Waals surface area contributed by atoms with Crippen LogP contribution in [-0.2, 0) is 9.53 Å². The molecule has 0 aromatic heterocycles. The lowest BCUT2D eigenvalue weighted by molar-refractivity contribution is -0.385. The highest BCUT2D eigenvalue weighted by Crippen LogP contribution is 2.38. The van der Waals surface area contributed by atoms with Crippen molar-refractivity contribution in [3.8, 4) is 17.6 Å². The number of amides is 1. The van der Waals surface area contributed by atoms with Crippen molar-refractivity contribution in [2.24, 2.45) is 0 Å². The summed E-state index contributed by atoms with van der Waals surface area (Å²) in [5.74, 6) is -1.93. The molecule has 162 valence electrons. The second kappa shape index (κ2) is 11.4. The third-order valence-corrected chi connectivity index (χ3v) is 4.35. The topological polar surface area (TPSA) is 143 Å². The Kier molecular flexibility index (Phi) is 9.29. The van der Waals surface area contributed by atoms with E-state index < -0.39 is 40.3 Å². The maximum absolute atomic E-state index is 12.4. The summed E-state index contributed by atoms with van der Waals surface area (Å²) in [4.78, 5) is 36.2. The zero-order valence-electron chi connectivity index (χ0n) is 17.4. The molecule has 0 aliphatic rings. The molecule has 1 rings (SSSR count). The second-order valence-corrected chi connectivity index (χ2v) is 6.20. The van der Waals surface area contributed by atoms with Gasteiger partial charge < -0.3 is 19.5 Å². The van der Waals surface area contributed by atoms with Crippen LogP contribution in [0.2, 0.25) is 0 Å². The summed E-state index contributed by atoms with van der Waals surface area (Å²) in [6.45, 7) is 7.87. The molecule has 10 heteroatoms. The number of carbonyl (C=O) groups excluding carboxylic acids is 2. The predicted octanol–water partition coefficient (Wildman–Crippen LogP) is 3.78. The number of nitro groups is 1. The number of phenolic OH excluding ortho intramolecular Hbond substituents is 1. The highest BCUT2D eigenvalue weighted by Gasteiger charge is 2.24. The predicted molar refractivity (Wildman–Crippen MR) is 108 cm³/mol. The Hall–Kier alpha value is -3.61. The smallest absolute Gasteiger partial charge is 0.499 e. The minimum absolute atomic E-state index is 0.0295. The lowest BCUT2D eigenvalue weighted by atomic mass is 10.1. The Labute approximate surface area is 174 Å².